The maximum absolute atomic E-state index is 12.2. The van der Waals surface area contributed by atoms with Gasteiger partial charge >= 0.3 is 6.09 Å². The first-order valence-electron chi connectivity index (χ1n) is 8.15. The van der Waals surface area contributed by atoms with Gasteiger partial charge in [-0.05, 0) is 12.5 Å². The van der Waals surface area contributed by atoms with Crippen molar-refractivity contribution in [3.63, 3.8) is 0 Å². The molecule has 0 radical (unpaired) electrons. The number of anilines is 1. The topological polar surface area (TPSA) is 64.4 Å². The molecule has 25 heavy (non-hydrogen) atoms. The Morgan fingerprint density at radius 1 is 1.12 bits per heavy atom. The molecule has 1 unspecified atom stereocenters. The van der Waals surface area contributed by atoms with Crippen molar-refractivity contribution in [1.29, 1.82) is 0 Å². The molecular weight excluding hydrogens is 316 g/mol. The summed E-state index contributed by atoms with van der Waals surface area (Å²) in [5.74, 6) is 0.649. The van der Waals surface area contributed by atoms with Gasteiger partial charge in [0, 0.05) is 11.5 Å². The van der Waals surface area contributed by atoms with E-state index in [0.29, 0.717) is 23.7 Å². The number of benzene rings is 2. The summed E-state index contributed by atoms with van der Waals surface area (Å²) in [5, 5.41) is 6.78. The lowest BCUT2D eigenvalue weighted by Crippen LogP contribution is -2.17. The third kappa shape index (κ3) is 4.07. The number of carbonyl (C=O) groups is 1. The highest BCUT2D eigenvalue weighted by Crippen LogP contribution is 2.30. The Balaban J connectivity index is 1.65. The number of amides is 1. The molecule has 0 saturated heterocycles. The number of aromatic nitrogens is 1. The molecule has 1 amide bonds. The van der Waals surface area contributed by atoms with Crippen LogP contribution in [-0.2, 0) is 4.74 Å². The summed E-state index contributed by atoms with van der Waals surface area (Å²) in [7, 11) is 0. The smallest absolute Gasteiger partial charge is 0.411 e. The van der Waals surface area contributed by atoms with Crippen LogP contribution in [0.5, 0.6) is 0 Å². The van der Waals surface area contributed by atoms with Crippen molar-refractivity contribution in [2.75, 3.05) is 11.9 Å². The molecule has 0 aliphatic rings. The number of ether oxygens (including phenoxy) is 1. The van der Waals surface area contributed by atoms with Crippen LogP contribution in [0, 0.1) is 6.92 Å². The average Bonchev–Trinajstić information content (AvgIpc) is 3.01. The fourth-order valence-electron chi connectivity index (χ4n) is 2.53. The number of hydrogen-bond donors (Lipinski definition) is 1. The van der Waals surface area contributed by atoms with Gasteiger partial charge in [0.15, 0.2) is 5.76 Å². The Morgan fingerprint density at radius 3 is 2.44 bits per heavy atom. The molecule has 0 bridgehead atoms. The highest BCUT2D eigenvalue weighted by molar-refractivity contribution is 5.91. The van der Waals surface area contributed by atoms with E-state index in [-0.39, 0.29) is 5.92 Å². The van der Waals surface area contributed by atoms with Gasteiger partial charge in [-0.15, -0.1) is 0 Å². The quantitative estimate of drug-likeness (QED) is 0.712. The number of hydrogen-bond acceptors (Lipinski definition) is 4. The van der Waals surface area contributed by atoms with Crippen molar-refractivity contribution in [1.82, 2.24) is 5.16 Å². The molecule has 0 spiro atoms. The normalized spacial score (nSPS) is 11.8. The molecule has 1 heterocycles. The summed E-state index contributed by atoms with van der Waals surface area (Å²) in [4.78, 5) is 12.2. The van der Waals surface area contributed by atoms with E-state index in [1.54, 1.807) is 6.92 Å². The van der Waals surface area contributed by atoms with Gasteiger partial charge in [0.1, 0.15) is 11.4 Å². The van der Waals surface area contributed by atoms with E-state index in [9.17, 15) is 4.79 Å². The van der Waals surface area contributed by atoms with Crippen molar-refractivity contribution in [3.8, 4) is 11.3 Å². The number of nitrogens with one attached hydrogen (secondary N) is 1. The Bertz CT molecular complexity index is 829. The lowest BCUT2D eigenvalue weighted by atomic mass is 10.0. The molecule has 3 rings (SSSR count). The maximum atomic E-state index is 12.2. The third-order valence-corrected chi connectivity index (χ3v) is 3.97. The lowest BCUT2D eigenvalue weighted by molar-refractivity contribution is 0.155. The first-order chi connectivity index (χ1) is 12.1. The van der Waals surface area contributed by atoms with Gasteiger partial charge in [-0.25, -0.2) is 4.79 Å². The minimum atomic E-state index is -0.522. The summed E-state index contributed by atoms with van der Waals surface area (Å²) in [6.45, 7) is 4.06. The minimum Gasteiger partial charge on any atom is -0.449 e. The van der Waals surface area contributed by atoms with E-state index in [1.165, 1.54) is 0 Å². The molecule has 0 fully saturated rings. The number of rotatable bonds is 5. The van der Waals surface area contributed by atoms with Gasteiger partial charge in [0.25, 0.3) is 0 Å². The summed E-state index contributed by atoms with van der Waals surface area (Å²) < 4.78 is 10.6. The second-order valence-electron chi connectivity index (χ2n) is 5.86. The van der Waals surface area contributed by atoms with Crippen LogP contribution >= 0.6 is 0 Å². The van der Waals surface area contributed by atoms with Crippen LogP contribution in [0.4, 0.5) is 10.5 Å². The van der Waals surface area contributed by atoms with E-state index in [0.717, 1.165) is 11.1 Å². The molecule has 1 N–H and O–H groups in total. The Morgan fingerprint density at radius 2 is 1.76 bits per heavy atom. The number of carbonyl (C=O) groups excluding carboxylic acids is 1. The van der Waals surface area contributed by atoms with E-state index in [2.05, 4.69) is 10.5 Å². The predicted molar refractivity (Wildman–Crippen MR) is 96.5 cm³/mol. The molecule has 0 saturated carbocycles. The van der Waals surface area contributed by atoms with Crippen LogP contribution in [0.1, 0.15) is 24.2 Å². The van der Waals surface area contributed by atoms with Crippen LogP contribution < -0.4 is 5.32 Å². The fraction of sp³-hybridized carbons (Fsp3) is 0.200. The zero-order valence-corrected chi connectivity index (χ0v) is 14.2. The fourth-order valence-corrected chi connectivity index (χ4v) is 2.53. The standard InChI is InChI=1S/C20H20N2O3/c1-14(16-9-5-3-6-10-16)13-24-20(23)21-18-15(2)25-22-19(18)17-11-7-4-8-12-17/h3-12,14H,13H2,1-2H3,(H,21,23). The van der Waals surface area contributed by atoms with Gasteiger partial charge in [0.2, 0.25) is 0 Å². The van der Waals surface area contributed by atoms with Crippen LogP contribution in [-0.4, -0.2) is 17.9 Å². The van der Waals surface area contributed by atoms with Gasteiger partial charge in [-0.2, -0.15) is 0 Å². The highest BCUT2D eigenvalue weighted by Gasteiger charge is 2.18. The largest absolute Gasteiger partial charge is 0.449 e. The second-order valence-corrected chi connectivity index (χ2v) is 5.86. The van der Waals surface area contributed by atoms with Crippen LogP contribution in [0.15, 0.2) is 65.2 Å². The molecule has 0 aliphatic carbocycles. The van der Waals surface area contributed by atoms with Crippen molar-refractivity contribution in [3.05, 3.63) is 72.0 Å². The Kier molecular flexibility index (Phi) is 5.14. The molecular formula is C20H20N2O3. The average molecular weight is 336 g/mol. The predicted octanol–water partition coefficient (Wildman–Crippen LogP) is 5.00. The first-order valence-corrected chi connectivity index (χ1v) is 8.15. The Hall–Kier alpha value is -3.08. The number of nitrogens with zero attached hydrogens (tertiary/aromatic N) is 1. The van der Waals surface area contributed by atoms with E-state index >= 15 is 0 Å². The van der Waals surface area contributed by atoms with Crippen molar-refractivity contribution in [2.24, 2.45) is 0 Å². The summed E-state index contributed by atoms with van der Waals surface area (Å²) in [6, 6.07) is 19.5. The zero-order valence-electron chi connectivity index (χ0n) is 14.2. The van der Waals surface area contributed by atoms with E-state index in [1.807, 2.05) is 67.6 Å². The van der Waals surface area contributed by atoms with Gasteiger partial charge < -0.3 is 9.26 Å². The monoisotopic (exact) mass is 336 g/mol. The van der Waals surface area contributed by atoms with Crippen LogP contribution in [0.2, 0.25) is 0 Å². The molecule has 2 aromatic carbocycles. The van der Waals surface area contributed by atoms with Crippen molar-refractivity contribution >= 4 is 11.8 Å². The molecule has 3 aromatic rings. The van der Waals surface area contributed by atoms with Crippen LogP contribution in [0.3, 0.4) is 0 Å². The molecule has 0 aliphatic heterocycles. The van der Waals surface area contributed by atoms with Crippen molar-refractivity contribution in [2.45, 2.75) is 19.8 Å². The van der Waals surface area contributed by atoms with E-state index in [4.69, 9.17) is 9.26 Å². The van der Waals surface area contributed by atoms with Crippen molar-refractivity contribution < 1.29 is 14.1 Å². The summed E-state index contributed by atoms with van der Waals surface area (Å²) >= 11 is 0. The molecule has 1 aromatic heterocycles. The highest BCUT2D eigenvalue weighted by atomic mass is 16.5. The maximum Gasteiger partial charge on any atom is 0.411 e. The SMILES string of the molecule is Cc1onc(-c2ccccc2)c1NC(=O)OCC(C)c1ccccc1. The van der Waals surface area contributed by atoms with Gasteiger partial charge in [0.05, 0.1) is 6.61 Å². The van der Waals surface area contributed by atoms with E-state index < -0.39 is 6.09 Å². The van der Waals surface area contributed by atoms with Gasteiger partial charge in [-0.3, -0.25) is 5.32 Å². The second kappa shape index (κ2) is 7.66. The van der Waals surface area contributed by atoms with Gasteiger partial charge in [-0.1, -0.05) is 72.7 Å². The Labute approximate surface area is 146 Å². The van der Waals surface area contributed by atoms with Crippen LogP contribution in [0.25, 0.3) is 11.3 Å². The first kappa shape index (κ1) is 16.8. The third-order valence-electron chi connectivity index (χ3n) is 3.97. The molecule has 128 valence electrons. The summed E-state index contributed by atoms with van der Waals surface area (Å²) in [6.07, 6.45) is -0.522. The number of aryl methyl sites for hydroxylation is 1. The lowest BCUT2D eigenvalue weighted by Gasteiger charge is -2.13. The minimum absolute atomic E-state index is 0.115. The molecule has 5 heteroatoms. The molecule has 1 atom stereocenters. The molecule has 5 nitrogen and oxygen atoms in total. The zero-order chi connectivity index (χ0) is 17.6. The summed E-state index contributed by atoms with van der Waals surface area (Å²) in [5.41, 5.74) is 3.11.